The van der Waals surface area contributed by atoms with Gasteiger partial charge in [-0.25, -0.2) is 0 Å². The molecule has 19 heavy (non-hydrogen) atoms. The lowest BCUT2D eigenvalue weighted by atomic mass is 10.1. The molecule has 0 aliphatic carbocycles. The van der Waals surface area contributed by atoms with Crippen LogP contribution in [0.3, 0.4) is 0 Å². The maximum Gasteiger partial charge on any atom is 0.0678 e. The Labute approximate surface area is 118 Å². The van der Waals surface area contributed by atoms with Crippen molar-refractivity contribution in [3.63, 3.8) is 0 Å². The number of hydrogen-bond acceptors (Lipinski definition) is 3. The van der Waals surface area contributed by atoms with Crippen LogP contribution in [-0.4, -0.2) is 39.4 Å². The van der Waals surface area contributed by atoms with Crippen LogP contribution in [0.5, 0.6) is 0 Å². The van der Waals surface area contributed by atoms with Crippen LogP contribution in [0.25, 0.3) is 0 Å². The molecule has 1 aromatic carbocycles. The summed E-state index contributed by atoms with van der Waals surface area (Å²) in [7, 11) is 1.77. The van der Waals surface area contributed by atoms with E-state index in [9.17, 15) is 0 Å². The molecule has 3 nitrogen and oxygen atoms in total. The van der Waals surface area contributed by atoms with Crippen LogP contribution >= 0.6 is 0 Å². The van der Waals surface area contributed by atoms with Crippen LogP contribution in [0.2, 0.25) is 0 Å². The number of methoxy groups -OCH3 is 1. The van der Waals surface area contributed by atoms with Crippen LogP contribution in [0.1, 0.15) is 25.8 Å². The van der Waals surface area contributed by atoms with E-state index >= 15 is 0 Å². The molecule has 1 rings (SSSR count). The number of likely N-dealkylation sites (N-methyl/N-ethyl adjacent to an activating group) is 1. The maximum absolute atomic E-state index is 5.39. The molecule has 0 fully saturated rings. The molecule has 1 N–H and O–H groups in total. The Kier molecular flexibility index (Phi) is 7.53. The van der Waals surface area contributed by atoms with E-state index in [0.717, 1.165) is 32.7 Å². The second kappa shape index (κ2) is 8.94. The zero-order valence-electron chi connectivity index (χ0n) is 12.8. The third-order valence-electron chi connectivity index (χ3n) is 3.28. The van der Waals surface area contributed by atoms with Gasteiger partial charge in [0, 0.05) is 25.9 Å². The van der Waals surface area contributed by atoms with Gasteiger partial charge in [0.05, 0.1) is 12.6 Å². The zero-order chi connectivity index (χ0) is 14.1. The number of ether oxygens (including phenoxy) is 1. The third-order valence-corrected chi connectivity index (χ3v) is 3.28. The molecule has 1 aromatic rings. The van der Waals surface area contributed by atoms with Gasteiger partial charge >= 0.3 is 0 Å². The number of hydrogen-bond donors (Lipinski definition) is 1. The lowest BCUT2D eigenvalue weighted by Crippen LogP contribution is -2.45. The molecule has 1 unspecified atom stereocenters. The van der Waals surface area contributed by atoms with Crippen molar-refractivity contribution < 1.29 is 4.74 Å². The van der Waals surface area contributed by atoms with Gasteiger partial charge in [-0.05, 0) is 44.5 Å². The zero-order valence-corrected chi connectivity index (χ0v) is 12.8. The summed E-state index contributed by atoms with van der Waals surface area (Å²) >= 11 is 0. The Balaban J connectivity index is 2.77. The molecule has 108 valence electrons. The number of aryl methyl sites for hydroxylation is 1. The van der Waals surface area contributed by atoms with Crippen molar-refractivity contribution in [2.24, 2.45) is 0 Å². The first-order chi connectivity index (χ1) is 9.22. The van der Waals surface area contributed by atoms with Crippen molar-refractivity contribution in [1.82, 2.24) is 5.32 Å². The standard InChI is InChI=1S/C16H28N2O/c1-5-10-17-12-16(13-19-4)18(6-2)15-9-7-8-14(3)11-15/h7-9,11,16-17H,5-6,10,12-13H2,1-4H3. The molecule has 1 atom stereocenters. The monoisotopic (exact) mass is 264 g/mol. The fraction of sp³-hybridized carbons (Fsp3) is 0.625. The summed E-state index contributed by atoms with van der Waals surface area (Å²) in [5.74, 6) is 0. The minimum Gasteiger partial charge on any atom is -0.383 e. The lowest BCUT2D eigenvalue weighted by molar-refractivity contribution is 0.175. The van der Waals surface area contributed by atoms with Crippen LogP contribution in [0, 0.1) is 6.92 Å². The molecule has 3 heteroatoms. The van der Waals surface area contributed by atoms with Crippen molar-refractivity contribution in [1.29, 1.82) is 0 Å². The molecule has 0 radical (unpaired) electrons. The summed E-state index contributed by atoms with van der Waals surface area (Å²) < 4.78 is 5.39. The van der Waals surface area contributed by atoms with Crippen LogP contribution in [0.15, 0.2) is 24.3 Å². The smallest absolute Gasteiger partial charge is 0.0678 e. The van der Waals surface area contributed by atoms with Gasteiger partial charge in [-0.1, -0.05) is 19.1 Å². The quantitative estimate of drug-likeness (QED) is 0.694. The fourth-order valence-electron chi connectivity index (χ4n) is 2.36. The summed E-state index contributed by atoms with van der Waals surface area (Å²) in [4.78, 5) is 2.42. The third kappa shape index (κ3) is 5.21. The molecule has 0 heterocycles. The van der Waals surface area contributed by atoms with Crippen LogP contribution in [0.4, 0.5) is 5.69 Å². The molecule has 0 saturated heterocycles. The number of benzene rings is 1. The Morgan fingerprint density at radius 1 is 1.32 bits per heavy atom. The van der Waals surface area contributed by atoms with Crippen LogP contribution in [-0.2, 0) is 4.74 Å². The lowest BCUT2D eigenvalue weighted by Gasteiger charge is -2.33. The molecule has 0 aromatic heterocycles. The second-order valence-electron chi connectivity index (χ2n) is 4.94. The average Bonchev–Trinajstić information content (AvgIpc) is 2.40. The summed E-state index contributed by atoms with van der Waals surface area (Å²) in [6.45, 7) is 10.3. The van der Waals surface area contributed by atoms with Crippen molar-refractivity contribution in [2.45, 2.75) is 33.2 Å². The summed E-state index contributed by atoms with van der Waals surface area (Å²) in [5.41, 5.74) is 2.58. The van der Waals surface area contributed by atoms with E-state index in [-0.39, 0.29) is 0 Å². The molecule has 0 spiro atoms. The van der Waals surface area contributed by atoms with E-state index < -0.39 is 0 Å². The maximum atomic E-state index is 5.39. The second-order valence-corrected chi connectivity index (χ2v) is 4.94. The Morgan fingerprint density at radius 2 is 2.11 bits per heavy atom. The van der Waals surface area contributed by atoms with Crippen molar-refractivity contribution in [3.05, 3.63) is 29.8 Å². The molecular weight excluding hydrogens is 236 g/mol. The Hall–Kier alpha value is -1.06. The molecule has 0 aliphatic heterocycles. The fourth-order valence-corrected chi connectivity index (χ4v) is 2.36. The van der Waals surface area contributed by atoms with Gasteiger partial charge in [0.15, 0.2) is 0 Å². The molecule has 0 bridgehead atoms. The van der Waals surface area contributed by atoms with E-state index in [1.165, 1.54) is 11.3 Å². The highest BCUT2D eigenvalue weighted by atomic mass is 16.5. The van der Waals surface area contributed by atoms with Crippen molar-refractivity contribution in [3.8, 4) is 0 Å². The average molecular weight is 264 g/mol. The number of nitrogens with zero attached hydrogens (tertiary/aromatic N) is 1. The molecule has 0 amide bonds. The van der Waals surface area contributed by atoms with Gasteiger partial charge in [0.1, 0.15) is 0 Å². The van der Waals surface area contributed by atoms with Gasteiger partial charge in [-0.15, -0.1) is 0 Å². The minimum absolute atomic E-state index is 0.378. The largest absolute Gasteiger partial charge is 0.383 e. The van der Waals surface area contributed by atoms with E-state index in [0.29, 0.717) is 6.04 Å². The SMILES string of the molecule is CCCNCC(COC)N(CC)c1cccc(C)c1. The van der Waals surface area contributed by atoms with E-state index in [4.69, 9.17) is 4.74 Å². The minimum atomic E-state index is 0.378. The first-order valence-electron chi connectivity index (χ1n) is 7.25. The number of anilines is 1. The summed E-state index contributed by atoms with van der Waals surface area (Å²) in [5, 5.41) is 3.50. The highest BCUT2D eigenvalue weighted by molar-refractivity contribution is 5.49. The Bertz CT molecular complexity index is 354. The highest BCUT2D eigenvalue weighted by Gasteiger charge is 2.17. The molecular formula is C16H28N2O. The van der Waals surface area contributed by atoms with E-state index in [1.54, 1.807) is 7.11 Å². The predicted molar refractivity (Wildman–Crippen MR) is 83.0 cm³/mol. The predicted octanol–water partition coefficient (Wildman–Crippen LogP) is 2.84. The van der Waals surface area contributed by atoms with Crippen LogP contribution < -0.4 is 10.2 Å². The first kappa shape index (κ1) is 16.0. The molecule has 0 saturated carbocycles. The Morgan fingerprint density at radius 3 is 2.68 bits per heavy atom. The van der Waals surface area contributed by atoms with Crippen molar-refractivity contribution >= 4 is 5.69 Å². The number of rotatable bonds is 9. The normalized spacial score (nSPS) is 12.4. The van der Waals surface area contributed by atoms with Gasteiger partial charge < -0.3 is 15.0 Å². The summed E-state index contributed by atoms with van der Waals surface area (Å²) in [6, 6.07) is 9.06. The van der Waals surface area contributed by atoms with Gasteiger partial charge in [0.25, 0.3) is 0 Å². The summed E-state index contributed by atoms with van der Waals surface area (Å²) in [6.07, 6.45) is 1.16. The topological polar surface area (TPSA) is 24.5 Å². The van der Waals surface area contributed by atoms with E-state index in [2.05, 4.69) is 55.3 Å². The van der Waals surface area contributed by atoms with Gasteiger partial charge in [0.2, 0.25) is 0 Å². The first-order valence-corrected chi connectivity index (χ1v) is 7.25. The van der Waals surface area contributed by atoms with Gasteiger partial charge in [-0.2, -0.15) is 0 Å². The highest BCUT2D eigenvalue weighted by Crippen LogP contribution is 2.18. The van der Waals surface area contributed by atoms with Gasteiger partial charge in [-0.3, -0.25) is 0 Å². The number of nitrogens with one attached hydrogen (secondary N) is 1. The van der Waals surface area contributed by atoms with E-state index in [1.807, 2.05) is 0 Å². The molecule has 0 aliphatic rings. The van der Waals surface area contributed by atoms with Crippen molar-refractivity contribution in [2.75, 3.05) is 38.3 Å².